The number of aromatic nitrogens is 2. The van der Waals surface area contributed by atoms with Crippen LogP contribution in [0.2, 0.25) is 0 Å². The second-order valence-electron chi connectivity index (χ2n) is 4.01. The number of rotatable bonds is 2. The van der Waals surface area contributed by atoms with E-state index in [0.29, 0.717) is 11.3 Å². The molecule has 1 heterocycles. The van der Waals surface area contributed by atoms with E-state index in [-0.39, 0.29) is 5.56 Å². The van der Waals surface area contributed by atoms with Crippen LogP contribution in [0.25, 0.3) is 0 Å². The molecule has 0 bridgehead atoms. The summed E-state index contributed by atoms with van der Waals surface area (Å²) < 4.78 is 13.8. The Hall–Kier alpha value is -1.81. The maximum absolute atomic E-state index is 13.8. The molecule has 0 aliphatic carbocycles. The van der Waals surface area contributed by atoms with E-state index in [0.717, 1.165) is 5.56 Å². The van der Waals surface area contributed by atoms with Crippen molar-refractivity contribution in [2.75, 3.05) is 0 Å². The van der Waals surface area contributed by atoms with Crippen LogP contribution in [0, 0.1) is 19.7 Å². The molecule has 2 aromatic rings. The Bertz CT molecular complexity index is 505. The predicted octanol–water partition coefficient (Wildman–Crippen LogP) is 2.31. The van der Waals surface area contributed by atoms with E-state index in [1.165, 1.54) is 18.6 Å². The van der Waals surface area contributed by atoms with Crippen molar-refractivity contribution in [3.63, 3.8) is 0 Å². The average molecular weight is 232 g/mol. The fourth-order valence-electron chi connectivity index (χ4n) is 1.88. The van der Waals surface area contributed by atoms with Crippen molar-refractivity contribution in [2.24, 2.45) is 0 Å². The van der Waals surface area contributed by atoms with Gasteiger partial charge in [0, 0.05) is 11.8 Å². The highest BCUT2D eigenvalue weighted by atomic mass is 19.1. The van der Waals surface area contributed by atoms with Crippen molar-refractivity contribution >= 4 is 0 Å². The molecule has 1 N–H and O–H groups in total. The van der Waals surface area contributed by atoms with Crippen molar-refractivity contribution in [3.05, 3.63) is 58.9 Å². The summed E-state index contributed by atoms with van der Waals surface area (Å²) in [6.07, 6.45) is 1.80. The van der Waals surface area contributed by atoms with Gasteiger partial charge in [0.05, 0.1) is 5.69 Å². The van der Waals surface area contributed by atoms with Crippen LogP contribution in [0.1, 0.15) is 28.5 Å². The molecular weight excluding hydrogens is 219 g/mol. The maximum atomic E-state index is 13.8. The van der Waals surface area contributed by atoms with E-state index in [1.807, 2.05) is 13.0 Å². The van der Waals surface area contributed by atoms with Gasteiger partial charge in [-0.15, -0.1) is 0 Å². The lowest BCUT2D eigenvalue weighted by Crippen LogP contribution is -2.07. The van der Waals surface area contributed by atoms with Crippen LogP contribution in [0.4, 0.5) is 4.39 Å². The van der Waals surface area contributed by atoms with Gasteiger partial charge >= 0.3 is 0 Å². The Kier molecular flexibility index (Phi) is 3.15. The summed E-state index contributed by atoms with van der Waals surface area (Å²) in [6.45, 7) is 3.59. The zero-order chi connectivity index (χ0) is 12.4. The third-order valence-corrected chi connectivity index (χ3v) is 2.64. The summed E-state index contributed by atoms with van der Waals surface area (Å²) in [5, 5.41) is 10.1. The number of halogens is 1. The number of benzene rings is 1. The van der Waals surface area contributed by atoms with Crippen LogP contribution in [0.15, 0.2) is 30.7 Å². The van der Waals surface area contributed by atoms with E-state index >= 15 is 0 Å². The van der Waals surface area contributed by atoms with E-state index in [9.17, 15) is 9.50 Å². The lowest BCUT2D eigenvalue weighted by molar-refractivity contribution is 0.209. The number of aliphatic hydroxyl groups is 1. The maximum Gasteiger partial charge on any atom is 0.129 e. The molecule has 0 aliphatic heterocycles. The highest BCUT2D eigenvalue weighted by Gasteiger charge is 2.18. The van der Waals surface area contributed by atoms with Crippen LogP contribution < -0.4 is 0 Å². The van der Waals surface area contributed by atoms with Gasteiger partial charge in [0.1, 0.15) is 18.2 Å². The normalized spacial score (nSPS) is 12.5. The Morgan fingerprint density at radius 3 is 2.65 bits per heavy atom. The SMILES string of the molecule is Cc1cc(C)c(C(O)c2ccncn2)c(F)c1. The molecule has 4 heteroatoms. The third-order valence-electron chi connectivity index (χ3n) is 2.64. The molecule has 0 saturated heterocycles. The van der Waals surface area contributed by atoms with Crippen LogP contribution in [-0.4, -0.2) is 15.1 Å². The molecule has 1 aromatic carbocycles. The zero-order valence-corrected chi connectivity index (χ0v) is 9.68. The minimum Gasteiger partial charge on any atom is -0.382 e. The van der Waals surface area contributed by atoms with Gasteiger partial charge in [-0.2, -0.15) is 0 Å². The first kappa shape index (κ1) is 11.7. The number of aliphatic hydroxyl groups excluding tert-OH is 1. The molecule has 0 saturated carbocycles. The summed E-state index contributed by atoms with van der Waals surface area (Å²) in [5.74, 6) is -0.409. The van der Waals surface area contributed by atoms with Crippen molar-refractivity contribution < 1.29 is 9.50 Å². The van der Waals surface area contributed by atoms with E-state index in [4.69, 9.17) is 0 Å². The van der Waals surface area contributed by atoms with Crippen LogP contribution in [0.5, 0.6) is 0 Å². The number of aryl methyl sites for hydroxylation is 2. The van der Waals surface area contributed by atoms with E-state index < -0.39 is 11.9 Å². The second kappa shape index (κ2) is 4.59. The molecule has 1 aromatic heterocycles. The molecule has 0 radical (unpaired) electrons. The summed E-state index contributed by atoms with van der Waals surface area (Å²) in [4.78, 5) is 7.70. The fraction of sp³-hybridized carbons (Fsp3) is 0.231. The Morgan fingerprint density at radius 2 is 2.06 bits per heavy atom. The highest BCUT2D eigenvalue weighted by molar-refractivity contribution is 5.36. The molecule has 0 fully saturated rings. The quantitative estimate of drug-likeness (QED) is 0.864. The van der Waals surface area contributed by atoms with Gasteiger partial charge in [0.2, 0.25) is 0 Å². The Morgan fingerprint density at radius 1 is 1.29 bits per heavy atom. The summed E-state index contributed by atoms with van der Waals surface area (Å²) in [6, 6.07) is 4.82. The van der Waals surface area contributed by atoms with E-state index in [1.54, 1.807) is 13.0 Å². The zero-order valence-electron chi connectivity index (χ0n) is 9.68. The Labute approximate surface area is 99.0 Å². The smallest absolute Gasteiger partial charge is 0.129 e. The number of nitrogens with zero attached hydrogens (tertiary/aromatic N) is 2. The minimum atomic E-state index is -1.06. The second-order valence-corrected chi connectivity index (χ2v) is 4.01. The lowest BCUT2D eigenvalue weighted by Gasteiger charge is -2.14. The van der Waals surface area contributed by atoms with Gasteiger partial charge < -0.3 is 5.11 Å². The van der Waals surface area contributed by atoms with E-state index in [2.05, 4.69) is 9.97 Å². The van der Waals surface area contributed by atoms with Crippen molar-refractivity contribution in [3.8, 4) is 0 Å². The largest absolute Gasteiger partial charge is 0.382 e. The molecule has 2 rings (SSSR count). The first-order valence-corrected chi connectivity index (χ1v) is 5.30. The Balaban J connectivity index is 2.48. The first-order valence-electron chi connectivity index (χ1n) is 5.30. The summed E-state index contributed by atoms with van der Waals surface area (Å²) in [7, 11) is 0. The monoisotopic (exact) mass is 232 g/mol. The summed E-state index contributed by atoms with van der Waals surface area (Å²) in [5.41, 5.74) is 2.22. The van der Waals surface area contributed by atoms with Gasteiger partial charge in [-0.05, 0) is 37.1 Å². The topological polar surface area (TPSA) is 46.0 Å². The summed E-state index contributed by atoms with van der Waals surface area (Å²) >= 11 is 0. The molecular formula is C13H13FN2O. The lowest BCUT2D eigenvalue weighted by atomic mass is 9.98. The van der Waals surface area contributed by atoms with Crippen LogP contribution in [0.3, 0.4) is 0 Å². The minimum absolute atomic E-state index is 0.273. The van der Waals surface area contributed by atoms with Crippen LogP contribution >= 0.6 is 0 Å². The van der Waals surface area contributed by atoms with Crippen molar-refractivity contribution in [2.45, 2.75) is 20.0 Å². The predicted molar refractivity (Wildman–Crippen MR) is 62.0 cm³/mol. The molecule has 3 nitrogen and oxygen atoms in total. The van der Waals surface area contributed by atoms with Crippen molar-refractivity contribution in [1.82, 2.24) is 9.97 Å². The standard InChI is InChI=1S/C13H13FN2O/c1-8-5-9(2)12(10(14)6-8)13(17)11-3-4-15-7-16-11/h3-7,13,17H,1-2H3. The molecule has 88 valence electrons. The van der Waals surface area contributed by atoms with Crippen LogP contribution in [-0.2, 0) is 0 Å². The average Bonchev–Trinajstić information content (AvgIpc) is 2.28. The fourth-order valence-corrected chi connectivity index (χ4v) is 1.88. The third kappa shape index (κ3) is 2.31. The molecule has 17 heavy (non-hydrogen) atoms. The van der Waals surface area contributed by atoms with Crippen molar-refractivity contribution in [1.29, 1.82) is 0 Å². The van der Waals surface area contributed by atoms with Gasteiger partial charge in [0.25, 0.3) is 0 Å². The van der Waals surface area contributed by atoms with Gasteiger partial charge in [-0.25, -0.2) is 14.4 Å². The molecule has 1 unspecified atom stereocenters. The highest BCUT2D eigenvalue weighted by Crippen LogP contribution is 2.26. The molecule has 0 aliphatic rings. The van der Waals surface area contributed by atoms with Gasteiger partial charge in [-0.3, -0.25) is 0 Å². The number of hydrogen-bond donors (Lipinski definition) is 1. The molecule has 0 spiro atoms. The molecule has 1 atom stereocenters. The number of hydrogen-bond acceptors (Lipinski definition) is 3. The molecule has 0 amide bonds. The first-order chi connectivity index (χ1) is 8.09. The van der Waals surface area contributed by atoms with Gasteiger partial charge in [-0.1, -0.05) is 6.07 Å². The van der Waals surface area contributed by atoms with Gasteiger partial charge in [0.15, 0.2) is 0 Å².